The van der Waals surface area contributed by atoms with Crippen molar-refractivity contribution >= 4 is 5.91 Å². The van der Waals surface area contributed by atoms with Gasteiger partial charge in [-0.05, 0) is 0 Å². The highest BCUT2D eigenvalue weighted by Crippen LogP contribution is 2.44. The van der Waals surface area contributed by atoms with Crippen LogP contribution < -0.4 is 5.73 Å². The number of amides is 1. The van der Waals surface area contributed by atoms with Gasteiger partial charge < -0.3 is 15.2 Å². The molecule has 0 aromatic rings. The van der Waals surface area contributed by atoms with Crippen LogP contribution >= 0.6 is 0 Å². The Hall–Kier alpha value is -0.610. The molecule has 0 radical (unpaired) electrons. The molecule has 2 aliphatic rings. The maximum Gasteiger partial charge on any atom is 0.252 e. The minimum Gasteiger partial charge on any atom is -0.372 e. The summed E-state index contributed by atoms with van der Waals surface area (Å²) in [4.78, 5) is 10.7. The van der Waals surface area contributed by atoms with Gasteiger partial charge in [0.05, 0.1) is 19.3 Å². The third-order valence-electron chi connectivity index (χ3n) is 2.03. The van der Waals surface area contributed by atoms with E-state index < -0.39 is 11.5 Å². The summed E-state index contributed by atoms with van der Waals surface area (Å²) in [6.45, 7) is 1.07. The van der Waals surface area contributed by atoms with E-state index in [0.29, 0.717) is 19.6 Å². The molecule has 0 aromatic carbocycles. The molecule has 1 aliphatic heterocycles. The molecule has 56 valence electrons. The molecule has 2 atom stereocenters. The molecule has 2 fully saturated rings. The SMILES string of the molecule is NC(=O)C12CC1OCCO2. The second kappa shape index (κ2) is 1.71. The largest absolute Gasteiger partial charge is 0.372 e. The average Bonchev–Trinajstić information content (AvgIpc) is 2.61. The fourth-order valence-electron chi connectivity index (χ4n) is 1.31. The van der Waals surface area contributed by atoms with E-state index >= 15 is 0 Å². The monoisotopic (exact) mass is 143 g/mol. The summed E-state index contributed by atoms with van der Waals surface area (Å²) in [5.74, 6) is -0.391. The summed E-state index contributed by atoms with van der Waals surface area (Å²) in [6, 6.07) is 0. The first kappa shape index (κ1) is 6.12. The zero-order chi connectivity index (χ0) is 7.19. The summed E-state index contributed by atoms with van der Waals surface area (Å²) < 4.78 is 10.4. The Kier molecular flexibility index (Phi) is 1.04. The number of fused-ring (bicyclic) bond motifs is 1. The molecule has 10 heavy (non-hydrogen) atoms. The normalized spacial score (nSPS) is 44.2. The van der Waals surface area contributed by atoms with E-state index in [1.54, 1.807) is 0 Å². The van der Waals surface area contributed by atoms with Crippen LogP contribution in [0.2, 0.25) is 0 Å². The first-order valence-electron chi connectivity index (χ1n) is 3.31. The molecule has 1 saturated heterocycles. The lowest BCUT2D eigenvalue weighted by Crippen LogP contribution is -2.41. The zero-order valence-electron chi connectivity index (χ0n) is 5.50. The molecule has 4 nitrogen and oxygen atoms in total. The van der Waals surface area contributed by atoms with Crippen LogP contribution in [-0.2, 0) is 14.3 Å². The maximum atomic E-state index is 10.7. The van der Waals surface area contributed by atoms with Gasteiger partial charge in [-0.15, -0.1) is 0 Å². The van der Waals surface area contributed by atoms with E-state index in [4.69, 9.17) is 15.2 Å². The molecule has 1 saturated carbocycles. The predicted molar refractivity (Wildman–Crippen MR) is 32.2 cm³/mol. The van der Waals surface area contributed by atoms with Gasteiger partial charge in [0.1, 0.15) is 0 Å². The minimum absolute atomic E-state index is 0.0567. The van der Waals surface area contributed by atoms with Crippen molar-refractivity contribution in [3.63, 3.8) is 0 Å². The van der Waals surface area contributed by atoms with E-state index in [9.17, 15) is 4.79 Å². The van der Waals surface area contributed by atoms with Gasteiger partial charge in [0.2, 0.25) is 0 Å². The third-order valence-corrected chi connectivity index (χ3v) is 2.03. The first-order valence-corrected chi connectivity index (χ1v) is 3.31. The van der Waals surface area contributed by atoms with Crippen LogP contribution in [0.15, 0.2) is 0 Å². The highest BCUT2D eigenvalue weighted by Gasteiger charge is 2.63. The predicted octanol–water partition coefficient (Wildman–Crippen LogP) is -0.970. The quantitative estimate of drug-likeness (QED) is 0.513. The summed E-state index contributed by atoms with van der Waals surface area (Å²) in [5, 5.41) is 0. The smallest absolute Gasteiger partial charge is 0.252 e. The first-order chi connectivity index (χ1) is 4.76. The van der Waals surface area contributed by atoms with Crippen molar-refractivity contribution in [2.24, 2.45) is 5.73 Å². The second-order valence-electron chi connectivity index (χ2n) is 2.67. The standard InChI is InChI=1S/C6H9NO3/c7-5(8)6-3-4(6)9-1-2-10-6/h4H,1-3H2,(H2,7,8). The number of carbonyl (C=O) groups excluding carboxylic acids is 1. The van der Waals surface area contributed by atoms with Crippen LogP contribution in [0.25, 0.3) is 0 Å². The van der Waals surface area contributed by atoms with E-state index in [0.717, 1.165) is 0 Å². The molecule has 0 aromatic heterocycles. The summed E-state index contributed by atoms with van der Waals surface area (Å²) in [7, 11) is 0. The van der Waals surface area contributed by atoms with Gasteiger partial charge >= 0.3 is 0 Å². The Balaban J connectivity index is 2.12. The molecule has 2 unspecified atom stereocenters. The van der Waals surface area contributed by atoms with Crippen LogP contribution in [0.5, 0.6) is 0 Å². The van der Waals surface area contributed by atoms with Crippen molar-refractivity contribution in [1.82, 2.24) is 0 Å². The van der Waals surface area contributed by atoms with Gasteiger partial charge in [-0.3, -0.25) is 4.79 Å². The molecular weight excluding hydrogens is 134 g/mol. The molecule has 4 heteroatoms. The number of ether oxygens (including phenoxy) is 2. The third kappa shape index (κ3) is 0.602. The molecule has 1 heterocycles. The number of hydrogen-bond donors (Lipinski definition) is 1. The molecule has 1 amide bonds. The fraction of sp³-hybridized carbons (Fsp3) is 0.833. The Morgan fingerprint density at radius 2 is 2.40 bits per heavy atom. The Bertz CT molecular complexity index is 182. The van der Waals surface area contributed by atoms with Gasteiger partial charge in [-0.1, -0.05) is 0 Å². The van der Waals surface area contributed by atoms with Crippen LogP contribution in [0.1, 0.15) is 6.42 Å². The minimum atomic E-state index is -0.738. The van der Waals surface area contributed by atoms with E-state index in [-0.39, 0.29) is 6.10 Å². The number of nitrogens with two attached hydrogens (primary N) is 1. The van der Waals surface area contributed by atoms with Crippen LogP contribution in [0.3, 0.4) is 0 Å². The second-order valence-corrected chi connectivity index (χ2v) is 2.67. The lowest BCUT2D eigenvalue weighted by atomic mass is 10.3. The topological polar surface area (TPSA) is 61.6 Å². The Morgan fingerprint density at radius 1 is 1.60 bits per heavy atom. The molecule has 2 N–H and O–H groups in total. The van der Waals surface area contributed by atoms with Gasteiger partial charge in [0, 0.05) is 6.42 Å². The summed E-state index contributed by atoms with van der Waals surface area (Å²) >= 11 is 0. The van der Waals surface area contributed by atoms with Crippen molar-refractivity contribution in [3.05, 3.63) is 0 Å². The van der Waals surface area contributed by atoms with Crippen molar-refractivity contribution in [2.45, 2.75) is 18.1 Å². The molecule has 1 aliphatic carbocycles. The number of hydrogen-bond acceptors (Lipinski definition) is 3. The number of primary amides is 1. The lowest BCUT2D eigenvalue weighted by molar-refractivity contribution is -0.146. The highest BCUT2D eigenvalue weighted by atomic mass is 16.6. The van der Waals surface area contributed by atoms with Crippen LogP contribution in [-0.4, -0.2) is 30.8 Å². The average molecular weight is 143 g/mol. The van der Waals surface area contributed by atoms with Crippen molar-refractivity contribution < 1.29 is 14.3 Å². The van der Waals surface area contributed by atoms with E-state index in [1.165, 1.54) is 0 Å². The molecule has 0 spiro atoms. The van der Waals surface area contributed by atoms with Crippen LogP contribution in [0, 0.1) is 0 Å². The van der Waals surface area contributed by atoms with Gasteiger partial charge in [-0.25, -0.2) is 0 Å². The van der Waals surface area contributed by atoms with Crippen LogP contribution in [0.4, 0.5) is 0 Å². The molecular formula is C6H9NO3. The fourth-order valence-corrected chi connectivity index (χ4v) is 1.31. The molecule has 2 rings (SSSR count). The van der Waals surface area contributed by atoms with E-state index in [2.05, 4.69) is 0 Å². The van der Waals surface area contributed by atoms with Crippen molar-refractivity contribution in [3.8, 4) is 0 Å². The Morgan fingerprint density at radius 3 is 2.90 bits per heavy atom. The Labute approximate surface area is 58.3 Å². The summed E-state index contributed by atoms with van der Waals surface area (Å²) in [5.41, 5.74) is 4.36. The van der Waals surface area contributed by atoms with Gasteiger partial charge in [0.15, 0.2) is 5.60 Å². The molecule has 0 bridgehead atoms. The summed E-state index contributed by atoms with van der Waals surface area (Å²) in [6.07, 6.45) is 0.584. The van der Waals surface area contributed by atoms with Crippen molar-refractivity contribution in [2.75, 3.05) is 13.2 Å². The van der Waals surface area contributed by atoms with Gasteiger partial charge in [-0.2, -0.15) is 0 Å². The lowest BCUT2D eigenvalue weighted by Gasteiger charge is -2.19. The number of rotatable bonds is 1. The van der Waals surface area contributed by atoms with Gasteiger partial charge in [0.25, 0.3) is 5.91 Å². The maximum absolute atomic E-state index is 10.7. The highest BCUT2D eigenvalue weighted by molar-refractivity contribution is 5.88. The number of carbonyl (C=O) groups is 1. The van der Waals surface area contributed by atoms with E-state index in [1.807, 2.05) is 0 Å². The zero-order valence-corrected chi connectivity index (χ0v) is 5.50. The van der Waals surface area contributed by atoms with Crippen molar-refractivity contribution in [1.29, 1.82) is 0 Å².